The summed E-state index contributed by atoms with van der Waals surface area (Å²) in [6.45, 7) is 6.55. The lowest BCUT2D eigenvalue weighted by molar-refractivity contribution is 0.0737. The largest absolute Gasteiger partial charge is 0.460 e. The SMILES string of the molecule is Cc1ccc(-n2nc(-c3ccc(C)o3)cc2C(=O)N(CCC#N)Cc2cccnc2)c(C)c1. The van der Waals surface area contributed by atoms with Crippen LogP contribution in [0.1, 0.15) is 39.4 Å². The van der Waals surface area contributed by atoms with Gasteiger partial charge in [-0.3, -0.25) is 9.78 Å². The number of nitrogens with zero attached hydrogens (tertiary/aromatic N) is 5. The molecule has 1 aromatic carbocycles. The van der Waals surface area contributed by atoms with Gasteiger partial charge in [0.1, 0.15) is 17.1 Å². The van der Waals surface area contributed by atoms with Crippen molar-refractivity contribution in [2.24, 2.45) is 0 Å². The Hall–Kier alpha value is -4.18. The molecule has 0 bridgehead atoms. The summed E-state index contributed by atoms with van der Waals surface area (Å²) in [5, 5.41) is 13.9. The fraction of sp³-hybridized carbons (Fsp3) is 0.231. The maximum absolute atomic E-state index is 13.8. The number of amides is 1. The molecule has 4 aromatic rings. The van der Waals surface area contributed by atoms with Crippen molar-refractivity contribution in [3.63, 3.8) is 0 Å². The van der Waals surface area contributed by atoms with E-state index in [0.717, 1.165) is 28.1 Å². The molecule has 7 nitrogen and oxygen atoms in total. The molecular weight excluding hydrogens is 414 g/mol. The first-order valence-corrected chi connectivity index (χ1v) is 10.8. The third kappa shape index (κ3) is 4.85. The molecule has 4 rings (SSSR count). The van der Waals surface area contributed by atoms with E-state index in [-0.39, 0.29) is 12.3 Å². The molecule has 0 radical (unpaired) electrons. The zero-order chi connectivity index (χ0) is 23.4. The van der Waals surface area contributed by atoms with Gasteiger partial charge in [-0.2, -0.15) is 10.4 Å². The topological polar surface area (TPSA) is 88.0 Å². The normalized spacial score (nSPS) is 10.7. The molecule has 0 saturated heterocycles. The van der Waals surface area contributed by atoms with Gasteiger partial charge in [0.2, 0.25) is 0 Å². The fourth-order valence-electron chi connectivity index (χ4n) is 3.76. The number of hydrogen-bond donors (Lipinski definition) is 0. The molecule has 0 fully saturated rings. The first-order chi connectivity index (χ1) is 16.0. The van der Waals surface area contributed by atoms with E-state index >= 15 is 0 Å². The zero-order valence-electron chi connectivity index (χ0n) is 18.9. The molecule has 0 N–H and O–H groups in total. The van der Waals surface area contributed by atoms with Crippen LogP contribution in [0.4, 0.5) is 0 Å². The maximum Gasteiger partial charge on any atom is 0.272 e. The third-order valence-corrected chi connectivity index (χ3v) is 5.38. The van der Waals surface area contributed by atoms with Gasteiger partial charge in [-0.05, 0) is 56.2 Å². The quantitative estimate of drug-likeness (QED) is 0.404. The van der Waals surface area contributed by atoms with Crippen molar-refractivity contribution in [1.82, 2.24) is 19.7 Å². The predicted octanol–water partition coefficient (Wildman–Crippen LogP) is 5.01. The van der Waals surface area contributed by atoms with E-state index in [4.69, 9.17) is 14.8 Å². The van der Waals surface area contributed by atoms with E-state index in [0.29, 0.717) is 30.2 Å². The summed E-state index contributed by atoms with van der Waals surface area (Å²) in [6, 6.07) is 17.4. The molecule has 3 heterocycles. The van der Waals surface area contributed by atoms with Crippen LogP contribution in [0.2, 0.25) is 0 Å². The number of aromatic nitrogens is 3. The molecule has 1 amide bonds. The van der Waals surface area contributed by atoms with Crippen LogP contribution in [0.15, 0.2) is 65.3 Å². The van der Waals surface area contributed by atoms with Gasteiger partial charge >= 0.3 is 0 Å². The molecule has 0 atom stereocenters. The fourth-order valence-corrected chi connectivity index (χ4v) is 3.76. The molecule has 166 valence electrons. The van der Waals surface area contributed by atoms with Crippen LogP contribution in [0.25, 0.3) is 17.1 Å². The zero-order valence-corrected chi connectivity index (χ0v) is 18.9. The van der Waals surface area contributed by atoms with E-state index < -0.39 is 0 Å². The number of benzene rings is 1. The van der Waals surface area contributed by atoms with E-state index in [9.17, 15) is 4.79 Å². The first kappa shape index (κ1) is 22.0. The Morgan fingerprint density at radius 2 is 2.00 bits per heavy atom. The van der Waals surface area contributed by atoms with Gasteiger partial charge in [0.15, 0.2) is 5.76 Å². The minimum atomic E-state index is -0.212. The van der Waals surface area contributed by atoms with E-state index in [1.54, 1.807) is 28.0 Å². The van der Waals surface area contributed by atoms with Crippen LogP contribution in [0.5, 0.6) is 0 Å². The van der Waals surface area contributed by atoms with Gasteiger partial charge in [0.05, 0.1) is 18.2 Å². The second-order valence-corrected chi connectivity index (χ2v) is 8.02. The Kier molecular flexibility index (Phi) is 6.36. The monoisotopic (exact) mass is 439 g/mol. The summed E-state index contributed by atoms with van der Waals surface area (Å²) < 4.78 is 7.45. The lowest BCUT2D eigenvalue weighted by Crippen LogP contribution is -2.33. The molecule has 0 spiro atoms. The van der Waals surface area contributed by atoms with Gasteiger partial charge < -0.3 is 9.32 Å². The maximum atomic E-state index is 13.8. The average Bonchev–Trinajstić information content (AvgIpc) is 3.43. The van der Waals surface area contributed by atoms with Gasteiger partial charge in [-0.1, -0.05) is 23.8 Å². The Bertz CT molecular complexity index is 1310. The Morgan fingerprint density at radius 1 is 1.15 bits per heavy atom. The van der Waals surface area contributed by atoms with E-state index in [1.165, 1.54) is 0 Å². The minimum absolute atomic E-state index is 0.212. The summed E-state index contributed by atoms with van der Waals surface area (Å²) in [5.41, 5.74) is 4.83. The summed E-state index contributed by atoms with van der Waals surface area (Å²) in [7, 11) is 0. The van der Waals surface area contributed by atoms with E-state index in [1.807, 2.05) is 57.2 Å². The summed E-state index contributed by atoms with van der Waals surface area (Å²) >= 11 is 0. The second kappa shape index (κ2) is 9.53. The number of nitriles is 1. The van der Waals surface area contributed by atoms with Crippen LogP contribution in [-0.4, -0.2) is 32.1 Å². The smallest absolute Gasteiger partial charge is 0.272 e. The van der Waals surface area contributed by atoms with Crippen LogP contribution in [0.3, 0.4) is 0 Å². The van der Waals surface area contributed by atoms with Gasteiger partial charge in [-0.25, -0.2) is 4.68 Å². The van der Waals surface area contributed by atoms with Crippen molar-refractivity contribution >= 4 is 5.91 Å². The molecule has 7 heteroatoms. The van der Waals surface area contributed by atoms with Gasteiger partial charge in [0, 0.05) is 31.5 Å². The average molecular weight is 440 g/mol. The number of carbonyl (C=O) groups excluding carboxylic acids is 1. The van der Waals surface area contributed by atoms with Crippen molar-refractivity contribution in [3.05, 3.63) is 89.1 Å². The lowest BCUT2D eigenvalue weighted by atomic mass is 10.1. The van der Waals surface area contributed by atoms with Crippen LogP contribution >= 0.6 is 0 Å². The van der Waals surface area contributed by atoms with Crippen LogP contribution < -0.4 is 0 Å². The standard InChI is InChI=1S/C26H25N5O2/c1-18-7-9-23(19(2)14-18)31-24(15-22(29-31)25-10-8-20(3)33-25)26(32)30(13-5-11-27)17-21-6-4-12-28-16-21/h4,6-10,12,14-16H,5,13,17H2,1-3H3. The molecule has 0 aliphatic carbocycles. The number of pyridine rings is 1. The van der Waals surface area contributed by atoms with Crippen molar-refractivity contribution in [2.45, 2.75) is 33.7 Å². The molecule has 0 saturated carbocycles. The van der Waals surface area contributed by atoms with Gasteiger partial charge in [0.25, 0.3) is 5.91 Å². The van der Waals surface area contributed by atoms with Crippen molar-refractivity contribution < 1.29 is 9.21 Å². The Morgan fingerprint density at radius 3 is 2.67 bits per heavy atom. The highest BCUT2D eigenvalue weighted by molar-refractivity contribution is 5.94. The molecule has 0 aliphatic rings. The number of carbonyl (C=O) groups is 1. The highest BCUT2D eigenvalue weighted by Gasteiger charge is 2.24. The third-order valence-electron chi connectivity index (χ3n) is 5.38. The summed E-state index contributed by atoms with van der Waals surface area (Å²) in [4.78, 5) is 19.6. The van der Waals surface area contributed by atoms with Gasteiger partial charge in [-0.15, -0.1) is 0 Å². The van der Waals surface area contributed by atoms with Crippen LogP contribution in [0, 0.1) is 32.1 Å². The molecule has 33 heavy (non-hydrogen) atoms. The van der Waals surface area contributed by atoms with Crippen molar-refractivity contribution in [3.8, 4) is 23.2 Å². The number of furan rings is 1. The Balaban J connectivity index is 1.79. The van der Waals surface area contributed by atoms with E-state index in [2.05, 4.69) is 17.1 Å². The molecular formula is C26H25N5O2. The Labute approximate surface area is 192 Å². The number of hydrogen-bond acceptors (Lipinski definition) is 5. The summed E-state index contributed by atoms with van der Waals surface area (Å²) in [6.07, 6.45) is 3.65. The first-order valence-electron chi connectivity index (χ1n) is 10.8. The van der Waals surface area contributed by atoms with Crippen molar-refractivity contribution in [1.29, 1.82) is 5.26 Å². The van der Waals surface area contributed by atoms with Crippen molar-refractivity contribution in [2.75, 3.05) is 6.54 Å². The highest BCUT2D eigenvalue weighted by atomic mass is 16.3. The minimum Gasteiger partial charge on any atom is -0.460 e. The number of rotatable bonds is 7. The predicted molar refractivity (Wildman–Crippen MR) is 125 cm³/mol. The highest BCUT2D eigenvalue weighted by Crippen LogP contribution is 2.26. The second-order valence-electron chi connectivity index (χ2n) is 8.02. The number of aryl methyl sites for hydroxylation is 3. The lowest BCUT2D eigenvalue weighted by Gasteiger charge is -2.22. The molecule has 0 unspecified atom stereocenters. The summed E-state index contributed by atoms with van der Waals surface area (Å²) in [5.74, 6) is 1.16. The van der Waals surface area contributed by atoms with Crippen LogP contribution in [-0.2, 0) is 6.54 Å². The molecule has 3 aromatic heterocycles. The molecule has 0 aliphatic heterocycles.